The van der Waals surface area contributed by atoms with Gasteiger partial charge in [-0.2, -0.15) is 0 Å². The van der Waals surface area contributed by atoms with Crippen LogP contribution in [0.15, 0.2) is 11.6 Å². The van der Waals surface area contributed by atoms with Crippen LogP contribution in [0.1, 0.15) is 18.4 Å². The van der Waals surface area contributed by atoms with Crippen molar-refractivity contribution in [1.29, 1.82) is 0 Å². The van der Waals surface area contributed by atoms with Gasteiger partial charge in [0.25, 0.3) is 0 Å². The van der Waals surface area contributed by atoms with Gasteiger partial charge in [0.2, 0.25) is 0 Å². The zero-order chi connectivity index (χ0) is 9.52. The van der Waals surface area contributed by atoms with Crippen molar-refractivity contribution in [1.82, 2.24) is 10.3 Å². The lowest BCUT2D eigenvalue weighted by atomic mass is 10.3. The van der Waals surface area contributed by atoms with Gasteiger partial charge in [-0.15, -0.1) is 11.3 Å². The molecule has 0 aliphatic rings. The highest BCUT2D eigenvalue weighted by molar-refractivity contribution is 7.09. The lowest BCUT2D eigenvalue weighted by Crippen LogP contribution is -2.24. The van der Waals surface area contributed by atoms with Gasteiger partial charge in [-0.3, -0.25) is 4.79 Å². The molecule has 1 N–H and O–H groups in total. The molecular formula is C9H14N2OS. The Kier molecular flexibility index (Phi) is 4.64. The summed E-state index contributed by atoms with van der Waals surface area (Å²) in [5.74, 6) is 0.211. The zero-order valence-electron chi connectivity index (χ0n) is 7.75. The number of nitrogens with one attached hydrogen (secondary N) is 1. The summed E-state index contributed by atoms with van der Waals surface area (Å²) in [6.07, 6.45) is 3.26. The average Bonchev–Trinajstić information content (AvgIpc) is 2.57. The van der Waals surface area contributed by atoms with Gasteiger partial charge < -0.3 is 5.32 Å². The van der Waals surface area contributed by atoms with Crippen molar-refractivity contribution >= 4 is 17.1 Å². The SMILES string of the molecule is CCCNCC(=O)Cc1nccs1. The third-order valence-electron chi connectivity index (χ3n) is 1.58. The smallest absolute Gasteiger partial charge is 0.153 e. The van der Waals surface area contributed by atoms with E-state index in [0.29, 0.717) is 13.0 Å². The summed E-state index contributed by atoms with van der Waals surface area (Å²) in [4.78, 5) is 15.3. The predicted octanol–water partition coefficient (Wildman–Crippen LogP) is 1.25. The van der Waals surface area contributed by atoms with Crippen molar-refractivity contribution in [3.05, 3.63) is 16.6 Å². The van der Waals surface area contributed by atoms with E-state index in [9.17, 15) is 4.79 Å². The number of thiazole rings is 1. The van der Waals surface area contributed by atoms with Crippen LogP contribution in [-0.4, -0.2) is 23.9 Å². The molecule has 4 heteroatoms. The van der Waals surface area contributed by atoms with Crippen molar-refractivity contribution in [3.63, 3.8) is 0 Å². The van der Waals surface area contributed by atoms with Gasteiger partial charge in [0.15, 0.2) is 5.78 Å². The number of nitrogens with zero attached hydrogens (tertiary/aromatic N) is 1. The summed E-state index contributed by atoms with van der Waals surface area (Å²) in [6.45, 7) is 3.45. The largest absolute Gasteiger partial charge is 0.310 e. The molecule has 0 radical (unpaired) electrons. The fraction of sp³-hybridized carbons (Fsp3) is 0.556. The minimum Gasteiger partial charge on any atom is -0.310 e. The monoisotopic (exact) mass is 198 g/mol. The second kappa shape index (κ2) is 5.83. The molecule has 0 unspecified atom stereocenters. The summed E-state index contributed by atoms with van der Waals surface area (Å²) < 4.78 is 0. The van der Waals surface area contributed by atoms with E-state index in [2.05, 4.69) is 17.2 Å². The fourth-order valence-electron chi connectivity index (χ4n) is 0.976. The third-order valence-corrected chi connectivity index (χ3v) is 2.36. The molecule has 1 rings (SSSR count). The molecule has 0 atom stereocenters. The van der Waals surface area contributed by atoms with Crippen LogP contribution < -0.4 is 5.32 Å². The Bertz CT molecular complexity index is 246. The Labute approximate surface area is 82.2 Å². The van der Waals surface area contributed by atoms with E-state index in [-0.39, 0.29) is 5.78 Å². The number of Topliss-reactive ketones (excluding diaryl/α,β-unsaturated/α-hetero) is 1. The molecular weight excluding hydrogens is 184 g/mol. The van der Waals surface area contributed by atoms with E-state index in [4.69, 9.17) is 0 Å². The van der Waals surface area contributed by atoms with E-state index < -0.39 is 0 Å². The van der Waals surface area contributed by atoms with Crippen molar-refractivity contribution in [2.24, 2.45) is 0 Å². The van der Waals surface area contributed by atoms with Crippen LogP contribution in [0.5, 0.6) is 0 Å². The first-order chi connectivity index (χ1) is 6.33. The van der Waals surface area contributed by atoms with Crippen molar-refractivity contribution in [3.8, 4) is 0 Å². The molecule has 1 heterocycles. The maximum absolute atomic E-state index is 11.3. The van der Waals surface area contributed by atoms with Crippen molar-refractivity contribution < 1.29 is 4.79 Å². The number of carbonyl (C=O) groups is 1. The molecule has 0 aliphatic carbocycles. The minimum atomic E-state index is 0.211. The first kappa shape index (κ1) is 10.3. The standard InChI is InChI=1S/C9H14N2OS/c1-2-3-10-7-8(12)6-9-11-4-5-13-9/h4-5,10H,2-3,6-7H2,1H3. The molecule has 0 aromatic carbocycles. The van der Waals surface area contributed by atoms with E-state index in [1.165, 1.54) is 11.3 Å². The number of hydrogen-bond donors (Lipinski definition) is 1. The summed E-state index contributed by atoms with van der Waals surface area (Å²) in [5, 5.41) is 5.87. The van der Waals surface area contributed by atoms with Gasteiger partial charge in [-0.25, -0.2) is 4.98 Å². The molecule has 1 aromatic rings. The molecule has 0 spiro atoms. The Morgan fingerprint density at radius 3 is 3.15 bits per heavy atom. The van der Waals surface area contributed by atoms with Gasteiger partial charge in [0, 0.05) is 11.6 Å². The van der Waals surface area contributed by atoms with Crippen LogP contribution in [0.25, 0.3) is 0 Å². The Morgan fingerprint density at radius 2 is 2.54 bits per heavy atom. The fourth-order valence-corrected chi connectivity index (χ4v) is 1.62. The molecule has 0 saturated carbocycles. The molecule has 1 aromatic heterocycles. The quantitative estimate of drug-likeness (QED) is 0.700. The summed E-state index contributed by atoms with van der Waals surface area (Å²) in [6, 6.07) is 0. The summed E-state index contributed by atoms with van der Waals surface area (Å²) >= 11 is 1.53. The van der Waals surface area contributed by atoms with E-state index in [1.54, 1.807) is 6.20 Å². The number of hydrogen-bond acceptors (Lipinski definition) is 4. The van der Waals surface area contributed by atoms with Crippen LogP contribution >= 0.6 is 11.3 Å². The molecule has 0 aliphatic heterocycles. The summed E-state index contributed by atoms with van der Waals surface area (Å²) in [5.41, 5.74) is 0. The van der Waals surface area contributed by atoms with Gasteiger partial charge in [-0.1, -0.05) is 6.92 Å². The second-order valence-corrected chi connectivity index (χ2v) is 3.80. The molecule has 72 valence electrons. The third kappa shape index (κ3) is 4.15. The van der Waals surface area contributed by atoms with Crippen LogP contribution in [0.3, 0.4) is 0 Å². The normalized spacial score (nSPS) is 10.2. The Hall–Kier alpha value is -0.740. The first-order valence-corrected chi connectivity index (χ1v) is 5.31. The van der Waals surface area contributed by atoms with Crippen LogP contribution in [0.2, 0.25) is 0 Å². The highest BCUT2D eigenvalue weighted by atomic mass is 32.1. The van der Waals surface area contributed by atoms with Crippen LogP contribution in [0.4, 0.5) is 0 Å². The van der Waals surface area contributed by atoms with E-state index in [0.717, 1.165) is 18.0 Å². The lowest BCUT2D eigenvalue weighted by molar-refractivity contribution is -0.117. The van der Waals surface area contributed by atoms with Crippen molar-refractivity contribution in [2.45, 2.75) is 19.8 Å². The van der Waals surface area contributed by atoms with Gasteiger partial charge in [0.1, 0.15) is 0 Å². The first-order valence-electron chi connectivity index (χ1n) is 4.43. The van der Waals surface area contributed by atoms with Gasteiger partial charge in [-0.05, 0) is 13.0 Å². The molecule has 13 heavy (non-hydrogen) atoms. The Morgan fingerprint density at radius 1 is 1.69 bits per heavy atom. The van der Waals surface area contributed by atoms with E-state index in [1.807, 2.05) is 5.38 Å². The number of ketones is 1. The predicted molar refractivity (Wildman–Crippen MR) is 54.0 cm³/mol. The minimum absolute atomic E-state index is 0.211. The molecule has 0 bridgehead atoms. The average molecular weight is 198 g/mol. The number of aromatic nitrogens is 1. The second-order valence-electron chi connectivity index (χ2n) is 2.82. The highest BCUT2D eigenvalue weighted by Crippen LogP contribution is 2.04. The molecule has 0 saturated heterocycles. The molecule has 0 amide bonds. The number of rotatable bonds is 6. The maximum Gasteiger partial charge on any atom is 0.153 e. The lowest BCUT2D eigenvalue weighted by Gasteiger charge is -1.99. The zero-order valence-corrected chi connectivity index (χ0v) is 8.56. The van der Waals surface area contributed by atoms with Gasteiger partial charge in [0.05, 0.1) is 18.0 Å². The maximum atomic E-state index is 11.3. The summed E-state index contributed by atoms with van der Waals surface area (Å²) in [7, 11) is 0. The van der Waals surface area contributed by atoms with Crippen molar-refractivity contribution in [2.75, 3.05) is 13.1 Å². The topological polar surface area (TPSA) is 42.0 Å². The number of carbonyl (C=O) groups excluding carboxylic acids is 1. The van der Waals surface area contributed by atoms with Gasteiger partial charge >= 0.3 is 0 Å². The van der Waals surface area contributed by atoms with E-state index >= 15 is 0 Å². The van der Waals surface area contributed by atoms with Crippen LogP contribution in [-0.2, 0) is 11.2 Å². The van der Waals surface area contributed by atoms with Crippen LogP contribution in [0, 0.1) is 0 Å². The molecule has 3 nitrogen and oxygen atoms in total. The highest BCUT2D eigenvalue weighted by Gasteiger charge is 2.04. The molecule has 0 fully saturated rings. The Balaban J connectivity index is 2.18.